The van der Waals surface area contributed by atoms with Gasteiger partial charge in [0, 0.05) is 16.7 Å². The zero-order chi connectivity index (χ0) is 17.4. The fourth-order valence-electron chi connectivity index (χ4n) is 4.56. The third-order valence-electron chi connectivity index (χ3n) is 5.42. The molecule has 0 atom stereocenters. The molecule has 0 heterocycles. The van der Waals surface area contributed by atoms with Gasteiger partial charge in [0.1, 0.15) is 0 Å². The van der Waals surface area contributed by atoms with Crippen LogP contribution in [0.3, 0.4) is 0 Å². The fourth-order valence-corrected chi connectivity index (χ4v) is 5.93. The minimum Gasteiger partial charge on any atom is -0.284 e. The molecule has 25 heavy (non-hydrogen) atoms. The minimum absolute atomic E-state index is 0.269. The number of rotatable bonds is 1. The topological polar surface area (TPSA) is 54.4 Å². The predicted octanol–water partition coefficient (Wildman–Crippen LogP) is 3.75. The van der Waals surface area contributed by atoms with Gasteiger partial charge in [-0.3, -0.25) is 4.55 Å². The lowest BCUT2D eigenvalue weighted by Gasteiger charge is -2.51. The van der Waals surface area contributed by atoms with Gasteiger partial charge in [0.05, 0.1) is 0 Å². The van der Waals surface area contributed by atoms with Crippen LogP contribution >= 0.6 is 0 Å². The summed E-state index contributed by atoms with van der Waals surface area (Å²) in [6.07, 6.45) is 0. The van der Waals surface area contributed by atoms with Crippen LogP contribution in [0.15, 0.2) is 72.8 Å². The molecule has 124 valence electrons. The molecule has 3 nitrogen and oxygen atoms in total. The summed E-state index contributed by atoms with van der Waals surface area (Å²) in [6, 6.07) is 19.6. The van der Waals surface area contributed by atoms with Crippen molar-refractivity contribution in [3.63, 3.8) is 0 Å². The van der Waals surface area contributed by atoms with Crippen molar-refractivity contribution in [2.45, 2.75) is 10.4 Å². The van der Waals surface area contributed by atoms with Crippen LogP contribution in [0.4, 0.5) is 4.39 Å². The Kier molecular flexibility index (Phi) is 2.59. The summed E-state index contributed by atoms with van der Waals surface area (Å²) in [7, 11) is -4.63. The van der Waals surface area contributed by atoms with Gasteiger partial charge in [-0.2, -0.15) is 8.42 Å². The Morgan fingerprint density at radius 3 is 1.20 bits per heavy atom. The quantitative estimate of drug-likeness (QED) is 0.679. The summed E-state index contributed by atoms with van der Waals surface area (Å²) in [5, 5.41) is 0. The van der Waals surface area contributed by atoms with Crippen LogP contribution in [-0.4, -0.2) is 13.0 Å². The Hall–Kier alpha value is -2.50. The number of halogens is 1. The molecular formula is C20H13FO3S. The summed E-state index contributed by atoms with van der Waals surface area (Å²) in [5.74, 6) is 0. The molecule has 0 fully saturated rings. The zero-order valence-electron chi connectivity index (χ0n) is 13.0. The Morgan fingerprint density at radius 1 is 0.640 bits per heavy atom. The second-order valence-corrected chi connectivity index (χ2v) is 8.01. The Labute approximate surface area is 144 Å². The van der Waals surface area contributed by atoms with E-state index < -0.39 is 20.5 Å². The maximum atomic E-state index is 16.6. The molecule has 2 bridgehead atoms. The molecule has 3 aromatic carbocycles. The number of hydrogen-bond acceptors (Lipinski definition) is 2. The van der Waals surface area contributed by atoms with Gasteiger partial charge in [0.2, 0.25) is 0 Å². The van der Waals surface area contributed by atoms with Gasteiger partial charge < -0.3 is 0 Å². The van der Waals surface area contributed by atoms with Crippen LogP contribution in [0.5, 0.6) is 0 Å². The Morgan fingerprint density at radius 2 is 0.920 bits per heavy atom. The normalized spacial score (nSPS) is 25.8. The molecule has 0 unspecified atom stereocenters. The highest BCUT2D eigenvalue weighted by Gasteiger charge is 2.64. The van der Waals surface area contributed by atoms with Crippen LogP contribution in [0.1, 0.15) is 33.4 Å². The summed E-state index contributed by atoms with van der Waals surface area (Å²) in [4.78, 5) is 0. The molecule has 3 aliphatic rings. The molecule has 6 rings (SSSR count). The van der Waals surface area contributed by atoms with Gasteiger partial charge in [0.25, 0.3) is 10.1 Å². The standard InChI is InChI=1S/C20H13FO3S/c21-19-13-7-1-4-10-16(13)20(25(22,23)24,17-11-5-2-8-14(17)19)18-12-6-3-9-15(18)19/h1-12H,(H,22,23,24). The van der Waals surface area contributed by atoms with Crippen molar-refractivity contribution in [1.29, 1.82) is 0 Å². The monoisotopic (exact) mass is 352 g/mol. The van der Waals surface area contributed by atoms with E-state index in [1.54, 1.807) is 72.8 Å². The molecule has 3 aromatic rings. The highest BCUT2D eigenvalue weighted by molar-refractivity contribution is 7.87. The molecule has 0 saturated heterocycles. The van der Waals surface area contributed by atoms with Crippen molar-refractivity contribution in [3.8, 4) is 0 Å². The summed E-state index contributed by atoms with van der Waals surface area (Å²) >= 11 is 0. The average Bonchev–Trinajstić information content (AvgIpc) is 2.62. The van der Waals surface area contributed by atoms with Crippen molar-refractivity contribution in [2.24, 2.45) is 0 Å². The first-order chi connectivity index (χ1) is 11.9. The minimum atomic E-state index is -4.63. The van der Waals surface area contributed by atoms with Crippen LogP contribution in [0.2, 0.25) is 0 Å². The second-order valence-electron chi connectivity index (χ2n) is 6.45. The molecule has 0 spiro atoms. The summed E-state index contributed by atoms with van der Waals surface area (Å²) in [6.45, 7) is 0. The summed E-state index contributed by atoms with van der Waals surface area (Å²) < 4.78 is 50.8. The average molecular weight is 352 g/mol. The first kappa shape index (κ1) is 14.8. The van der Waals surface area contributed by atoms with Crippen molar-refractivity contribution < 1.29 is 17.4 Å². The molecular weight excluding hydrogens is 339 g/mol. The van der Waals surface area contributed by atoms with Gasteiger partial charge >= 0.3 is 0 Å². The smallest absolute Gasteiger partial charge is 0.283 e. The Balaban J connectivity index is 2.13. The lowest BCUT2D eigenvalue weighted by atomic mass is 9.59. The van der Waals surface area contributed by atoms with E-state index in [2.05, 4.69) is 0 Å². The van der Waals surface area contributed by atoms with Crippen LogP contribution in [-0.2, 0) is 20.5 Å². The molecule has 0 radical (unpaired) electrons. The third kappa shape index (κ3) is 1.43. The van der Waals surface area contributed by atoms with Gasteiger partial charge in [-0.25, -0.2) is 4.39 Å². The molecule has 0 aromatic heterocycles. The van der Waals surface area contributed by atoms with Crippen LogP contribution < -0.4 is 0 Å². The predicted molar refractivity (Wildman–Crippen MR) is 91.7 cm³/mol. The molecule has 0 saturated carbocycles. The second kappa shape index (κ2) is 4.36. The highest BCUT2D eigenvalue weighted by Crippen LogP contribution is 2.63. The number of alkyl halides is 1. The van der Waals surface area contributed by atoms with E-state index in [9.17, 15) is 13.0 Å². The Bertz CT molecular complexity index is 1030. The molecule has 0 amide bonds. The highest BCUT2D eigenvalue weighted by atomic mass is 32.2. The van der Waals surface area contributed by atoms with Gasteiger partial charge in [-0.1, -0.05) is 72.8 Å². The third-order valence-corrected chi connectivity index (χ3v) is 6.85. The van der Waals surface area contributed by atoms with Gasteiger partial charge in [-0.05, 0) is 16.7 Å². The fraction of sp³-hybridized carbons (Fsp3) is 0.100. The van der Waals surface area contributed by atoms with Crippen molar-refractivity contribution in [1.82, 2.24) is 0 Å². The molecule has 1 N–H and O–H groups in total. The van der Waals surface area contributed by atoms with Crippen molar-refractivity contribution in [3.05, 3.63) is 106 Å². The maximum absolute atomic E-state index is 16.6. The van der Waals surface area contributed by atoms with E-state index >= 15 is 4.39 Å². The van der Waals surface area contributed by atoms with E-state index in [0.717, 1.165) is 0 Å². The molecule has 0 aliphatic heterocycles. The maximum Gasteiger partial charge on any atom is 0.283 e. The van der Waals surface area contributed by atoms with Gasteiger partial charge in [0.15, 0.2) is 10.4 Å². The SMILES string of the molecule is O=S(=O)(O)C12c3ccccc3C(F)(c3ccccc31)c1ccccc12. The van der Waals surface area contributed by atoms with E-state index in [0.29, 0.717) is 0 Å². The van der Waals surface area contributed by atoms with E-state index in [4.69, 9.17) is 0 Å². The lowest BCUT2D eigenvalue weighted by molar-refractivity contribution is 0.252. The molecule has 3 aliphatic carbocycles. The number of benzene rings is 3. The zero-order valence-corrected chi connectivity index (χ0v) is 13.8. The van der Waals surface area contributed by atoms with E-state index in [1.165, 1.54) is 0 Å². The first-order valence-electron chi connectivity index (χ1n) is 7.89. The van der Waals surface area contributed by atoms with Crippen molar-refractivity contribution >= 4 is 10.1 Å². The van der Waals surface area contributed by atoms with Gasteiger partial charge in [-0.15, -0.1) is 0 Å². The van der Waals surface area contributed by atoms with Crippen LogP contribution in [0, 0.1) is 0 Å². The largest absolute Gasteiger partial charge is 0.284 e. The van der Waals surface area contributed by atoms with E-state index in [-0.39, 0.29) is 33.4 Å². The summed E-state index contributed by atoms with van der Waals surface area (Å²) in [5.41, 5.74) is -0.316. The van der Waals surface area contributed by atoms with Crippen LogP contribution in [0.25, 0.3) is 0 Å². The van der Waals surface area contributed by atoms with E-state index in [1.807, 2.05) is 0 Å². The molecule has 5 heteroatoms. The lowest BCUT2D eigenvalue weighted by Crippen LogP contribution is -2.52. The number of hydrogen-bond donors (Lipinski definition) is 1. The van der Waals surface area contributed by atoms with Crippen molar-refractivity contribution in [2.75, 3.05) is 0 Å². The first-order valence-corrected chi connectivity index (χ1v) is 9.33.